The molecule has 6 nitrogen and oxygen atoms in total. The molecular weight excluding hydrogens is 288 g/mol. The molecule has 1 aromatic heterocycles. The highest BCUT2D eigenvalue weighted by Crippen LogP contribution is 2.18. The van der Waals surface area contributed by atoms with Crippen molar-refractivity contribution in [2.45, 2.75) is 13.8 Å². The van der Waals surface area contributed by atoms with E-state index in [1.54, 1.807) is 0 Å². The van der Waals surface area contributed by atoms with Crippen LogP contribution in [-0.2, 0) is 9.84 Å². The Labute approximate surface area is 125 Å². The molecule has 0 radical (unpaired) electrons. The van der Waals surface area contributed by atoms with Gasteiger partial charge in [0.1, 0.15) is 6.07 Å². The Morgan fingerprint density at radius 1 is 1.38 bits per heavy atom. The molecule has 0 aliphatic carbocycles. The summed E-state index contributed by atoms with van der Waals surface area (Å²) in [5.74, 6) is 0.480. The van der Waals surface area contributed by atoms with Gasteiger partial charge in [-0.15, -0.1) is 0 Å². The smallest absolute Gasteiger partial charge is 0.152 e. The number of anilines is 1. The van der Waals surface area contributed by atoms with Gasteiger partial charge in [0.25, 0.3) is 0 Å². The van der Waals surface area contributed by atoms with Crippen molar-refractivity contribution in [2.24, 2.45) is 0 Å². The number of sulfone groups is 1. The zero-order valence-corrected chi connectivity index (χ0v) is 13.2. The number of nitriles is 1. The van der Waals surface area contributed by atoms with Crippen LogP contribution in [0.1, 0.15) is 17.0 Å². The predicted molar refractivity (Wildman–Crippen MR) is 82.0 cm³/mol. The van der Waals surface area contributed by atoms with Crippen molar-refractivity contribution in [3.8, 4) is 6.07 Å². The van der Waals surface area contributed by atoms with Gasteiger partial charge in [-0.3, -0.25) is 9.88 Å². The first-order valence-corrected chi connectivity index (χ1v) is 8.78. The summed E-state index contributed by atoms with van der Waals surface area (Å²) >= 11 is 0. The second-order valence-electron chi connectivity index (χ2n) is 5.30. The number of pyridine rings is 1. The monoisotopic (exact) mass is 308 g/mol. The Balaban J connectivity index is 1.91. The van der Waals surface area contributed by atoms with Crippen LogP contribution in [0, 0.1) is 25.2 Å². The third-order valence-corrected chi connectivity index (χ3v) is 5.23. The SMILES string of the molecule is Cc1cc(NCCN2CCS(=O)(=O)CC2)c(C#N)c(C)n1. The summed E-state index contributed by atoms with van der Waals surface area (Å²) in [5, 5.41) is 12.4. The van der Waals surface area contributed by atoms with Crippen LogP contribution in [0.3, 0.4) is 0 Å². The van der Waals surface area contributed by atoms with Crippen LogP contribution < -0.4 is 5.32 Å². The van der Waals surface area contributed by atoms with Gasteiger partial charge in [0.2, 0.25) is 0 Å². The average Bonchev–Trinajstić information content (AvgIpc) is 2.40. The fourth-order valence-corrected chi connectivity index (χ4v) is 3.71. The summed E-state index contributed by atoms with van der Waals surface area (Å²) in [6.45, 7) is 6.34. The third-order valence-electron chi connectivity index (χ3n) is 3.62. The quantitative estimate of drug-likeness (QED) is 0.882. The Morgan fingerprint density at radius 3 is 2.67 bits per heavy atom. The van der Waals surface area contributed by atoms with Crippen molar-refractivity contribution in [2.75, 3.05) is 43.0 Å². The van der Waals surface area contributed by atoms with Crippen molar-refractivity contribution in [1.29, 1.82) is 5.26 Å². The molecule has 2 rings (SSSR count). The van der Waals surface area contributed by atoms with E-state index in [2.05, 4.69) is 21.3 Å². The van der Waals surface area contributed by atoms with E-state index in [1.165, 1.54) is 0 Å². The topological polar surface area (TPSA) is 86.1 Å². The molecule has 21 heavy (non-hydrogen) atoms. The van der Waals surface area contributed by atoms with Crippen LogP contribution in [0.4, 0.5) is 5.69 Å². The van der Waals surface area contributed by atoms with E-state index in [0.717, 1.165) is 23.6 Å². The minimum atomic E-state index is -2.83. The molecule has 1 aliphatic rings. The molecule has 0 saturated carbocycles. The number of aromatic nitrogens is 1. The molecule has 1 N–H and O–H groups in total. The molecular formula is C14H20N4O2S. The first kappa shape index (κ1) is 15.7. The highest BCUT2D eigenvalue weighted by Gasteiger charge is 2.21. The zero-order valence-electron chi connectivity index (χ0n) is 12.4. The highest BCUT2D eigenvalue weighted by molar-refractivity contribution is 7.91. The maximum atomic E-state index is 11.4. The van der Waals surface area contributed by atoms with Gasteiger partial charge in [-0.25, -0.2) is 8.42 Å². The number of hydrogen-bond donors (Lipinski definition) is 1. The number of aryl methyl sites for hydroxylation is 2. The molecule has 1 fully saturated rings. The molecule has 0 bridgehead atoms. The fraction of sp³-hybridized carbons (Fsp3) is 0.571. The van der Waals surface area contributed by atoms with E-state index < -0.39 is 9.84 Å². The largest absolute Gasteiger partial charge is 0.383 e. The van der Waals surface area contributed by atoms with Gasteiger partial charge in [0.05, 0.1) is 28.5 Å². The second kappa shape index (κ2) is 6.41. The molecule has 7 heteroatoms. The molecule has 0 spiro atoms. The van der Waals surface area contributed by atoms with Gasteiger partial charge in [-0.1, -0.05) is 0 Å². The standard InChI is InChI=1S/C14H20N4O2S/c1-11-9-14(13(10-15)12(2)17-11)16-3-4-18-5-7-21(19,20)8-6-18/h9H,3-8H2,1-2H3,(H,16,17). The second-order valence-corrected chi connectivity index (χ2v) is 7.61. The Kier molecular flexibility index (Phi) is 4.80. The third kappa shape index (κ3) is 4.16. The van der Waals surface area contributed by atoms with Gasteiger partial charge in [-0.2, -0.15) is 5.26 Å². The summed E-state index contributed by atoms with van der Waals surface area (Å²) in [4.78, 5) is 6.41. The Morgan fingerprint density at radius 2 is 2.05 bits per heavy atom. The summed E-state index contributed by atoms with van der Waals surface area (Å²) in [6.07, 6.45) is 0. The van der Waals surface area contributed by atoms with E-state index in [-0.39, 0.29) is 11.5 Å². The zero-order chi connectivity index (χ0) is 15.5. The fourth-order valence-electron chi connectivity index (χ4n) is 2.43. The number of nitrogens with one attached hydrogen (secondary N) is 1. The van der Waals surface area contributed by atoms with Crippen molar-refractivity contribution in [1.82, 2.24) is 9.88 Å². The number of nitrogens with zero attached hydrogens (tertiary/aromatic N) is 3. The van der Waals surface area contributed by atoms with Crippen molar-refractivity contribution in [3.05, 3.63) is 23.0 Å². The maximum absolute atomic E-state index is 11.4. The number of rotatable bonds is 4. The van der Waals surface area contributed by atoms with Crippen LogP contribution >= 0.6 is 0 Å². The summed E-state index contributed by atoms with van der Waals surface area (Å²) in [6, 6.07) is 4.04. The predicted octanol–water partition coefficient (Wildman–Crippen LogP) is 0.712. The van der Waals surface area contributed by atoms with Gasteiger partial charge in [0.15, 0.2) is 9.84 Å². The van der Waals surface area contributed by atoms with Crippen LogP contribution in [0.15, 0.2) is 6.07 Å². The van der Waals surface area contributed by atoms with Gasteiger partial charge < -0.3 is 5.32 Å². The van der Waals surface area contributed by atoms with E-state index in [4.69, 9.17) is 0 Å². The summed E-state index contributed by atoms with van der Waals surface area (Å²) < 4.78 is 22.7. The first-order chi connectivity index (χ1) is 9.91. The maximum Gasteiger partial charge on any atom is 0.152 e. The minimum absolute atomic E-state index is 0.240. The normalized spacial score (nSPS) is 18.1. The lowest BCUT2D eigenvalue weighted by molar-refractivity contribution is 0.307. The average molecular weight is 308 g/mol. The van der Waals surface area contributed by atoms with E-state index >= 15 is 0 Å². The van der Waals surface area contributed by atoms with Crippen molar-refractivity contribution in [3.63, 3.8) is 0 Å². The number of hydrogen-bond acceptors (Lipinski definition) is 6. The van der Waals surface area contributed by atoms with Crippen molar-refractivity contribution >= 4 is 15.5 Å². The van der Waals surface area contributed by atoms with E-state index in [1.807, 2.05) is 19.9 Å². The van der Waals surface area contributed by atoms with Gasteiger partial charge >= 0.3 is 0 Å². The van der Waals surface area contributed by atoms with Gasteiger partial charge in [0, 0.05) is 31.9 Å². The Hall–Kier alpha value is -1.65. The van der Waals surface area contributed by atoms with Crippen LogP contribution in [-0.4, -0.2) is 56.0 Å². The Bertz CT molecular complexity index is 650. The van der Waals surface area contributed by atoms with E-state index in [0.29, 0.717) is 25.2 Å². The summed E-state index contributed by atoms with van der Waals surface area (Å²) in [5.41, 5.74) is 2.97. The van der Waals surface area contributed by atoms with Crippen LogP contribution in [0.25, 0.3) is 0 Å². The molecule has 1 saturated heterocycles. The lowest BCUT2D eigenvalue weighted by Crippen LogP contribution is -2.42. The van der Waals surface area contributed by atoms with Crippen LogP contribution in [0.5, 0.6) is 0 Å². The molecule has 0 aromatic carbocycles. The lowest BCUT2D eigenvalue weighted by atomic mass is 10.1. The minimum Gasteiger partial charge on any atom is -0.383 e. The molecule has 114 valence electrons. The van der Waals surface area contributed by atoms with Gasteiger partial charge in [-0.05, 0) is 19.9 Å². The molecule has 0 atom stereocenters. The molecule has 2 heterocycles. The van der Waals surface area contributed by atoms with E-state index in [9.17, 15) is 13.7 Å². The summed E-state index contributed by atoms with van der Waals surface area (Å²) in [7, 11) is -2.83. The molecule has 0 unspecified atom stereocenters. The molecule has 1 aliphatic heterocycles. The molecule has 0 amide bonds. The lowest BCUT2D eigenvalue weighted by Gasteiger charge is -2.26. The van der Waals surface area contributed by atoms with Crippen LogP contribution in [0.2, 0.25) is 0 Å². The highest BCUT2D eigenvalue weighted by atomic mass is 32.2. The molecule has 1 aromatic rings. The van der Waals surface area contributed by atoms with Crippen molar-refractivity contribution < 1.29 is 8.42 Å². The first-order valence-electron chi connectivity index (χ1n) is 6.96.